The fourth-order valence-corrected chi connectivity index (χ4v) is 1.59. The fraction of sp³-hybridized carbons (Fsp3) is 0.846. The molecule has 0 heterocycles. The van der Waals surface area contributed by atoms with Gasteiger partial charge in [-0.3, -0.25) is 9.59 Å². The van der Waals surface area contributed by atoms with Gasteiger partial charge >= 0.3 is 5.97 Å². The standard InChI is InChI=1S/C13H25NO3/c1-12(2,3)8-10(15)9(7-11(16)17)14-13(4,5)6/h9,14H,7-8H2,1-6H3,(H,16,17). The molecule has 1 atom stereocenters. The molecule has 0 saturated carbocycles. The molecule has 4 nitrogen and oxygen atoms in total. The molecule has 1 unspecified atom stereocenters. The number of Topliss-reactive ketones (excluding diaryl/α,β-unsaturated/α-hetero) is 1. The van der Waals surface area contributed by atoms with Gasteiger partial charge in [-0.2, -0.15) is 0 Å². The molecule has 0 aromatic carbocycles. The van der Waals surface area contributed by atoms with Crippen LogP contribution >= 0.6 is 0 Å². The molecule has 0 radical (unpaired) electrons. The second-order valence-corrected chi connectivity index (χ2v) is 6.75. The Morgan fingerprint density at radius 1 is 1.12 bits per heavy atom. The summed E-state index contributed by atoms with van der Waals surface area (Å²) in [5.74, 6) is -0.983. The minimum absolute atomic E-state index is 0.0326. The van der Waals surface area contributed by atoms with Crippen molar-refractivity contribution in [1.29, 1.82) is 0 Å². The Kier molecular flexibility index (Phi) is 5.33. The van der Waals surface area contributed by atoms with Crippen molar-refractivity contribution in [2.75, 3.05) is 0 Å². The second-order valence-electron chi connectivity index (χ2n) is 6.75. The van der Waals surface area contributed by atoms with E-state index < -0.39 is 12.0 Å². The van der Waals surface area contributed by atoms with Crippen LogP contribution in [0.3, 0.4) is 0 Å². The van der Waals surface area contributed by atoms with Crippen molar-refractivity contribution in [3.63, 3.8) is 0 Å². The molecule has 2 N–H and O–H groups in total. The lowest BCUT2D eigenvalue weighted by Gasteiger charge is -2.28. The van der Waals surface area contributed by atoms with Crippen molar-refractivity contribution in [3.8, 4) is 0 Å². The van der Waals surface area contributed by atoms with Gasteiger partial charge in [0.05, 0.1) is 12.5 Å². The van der Waals surface area contributed by atoms with Crippen LogP contribution in [0.2, 0.25) is 0 Å². The molecule has 0 saturated heterocycles. The predicted molar refractivity (Wildman–Crippen MR) is 68.0 cm³/mol. The van der Waals surface area contributed by atoms with Crippen molar-refractivity contribution >= 4 is 11.8 Å². The van der Waals surface area contributed by atoms with Gasteiger partial charge < -0.3 is 10.4 Å². The van der Waals surface area contributed by atoms with Crippen LogP contribution in [0, 0.1) is 5.41 Å². The molecule has 0 aromatic heterocycles. The quantitative estimate of drug-likeness (QED) is 0.777. The molecular weight excluding hydrogens is 218 g/mol. The molecule has 0 aliphatic carbocycles. The monoisotopic (exact) mass is 243 g/mol. The number of carbonyl (C=O) groups excluding carboxylic acids is 1. The van der Waals surface area contributed by atoms with Gasteiger partial charge in [0, 0.05) is 12.0 Å². The van der Waals surface area contributed by atoms with Gasteiger partial charge in [-0.1, -0.05) is 20.8 Å². The highest BCUT2D eigenvalue weighted by Crippen LogP contribution is 2.21. The van der Waals surface area contributed by atoms with E-state index in [1.54, 1.807) is 0 Å². The number of ketones is 1. The van der Waals surface area contributed by atoms with E-state index in [1.807, 2.05) is 41.5 Å². The Balaban J connectivity index is 4.68. The number of aliphatic carboxylic acids is 1. The van der Waals surface area contributed by atoms with E-state index in [4.69, 9.17) is 5.11 Å². The summed E-state index contributed by atoms with van der Waals surface area (Å²) in [6.45, 7) is 11.7. The van der Waals surface area contributed by atoms with Gasteiger partial charge in [0.1, 0.15) is 0 Å². The molecular formula is C13H25NO3. The number of hydrogen-bond acceptors (Lipinski definition) is 3. The number of carbonyl (C=O) groups is 2. The molecule has 0 aliphatic heterocycles. The number of carboxylic acid groups (broad SMARTS) is 1. The van der Waals surface area contributed by atoms with E-state index in [1.165, 1.54) is 0 Å². The summed E-state index contributed by atoms with van der Waals surface area (Å²) < 4.78 is 0. The van der Waals surface area contributed by atoms with Gasteiger partial charge in [0.2, 0.25) is 0 Å². The van der Waals surface area contributed by atoms with Gasteiger partial charge in [-0.05, 0) is 26.2 Å². The SMILES string of the molecule is CC(C)(C)CC(=O)C(CC(=O)O)NC(C)(C)C. The average molecular weight is 243 g/mol. The third kappa shape index (κ3) is 8.86. The van der Waals surface area contributed by atoms with Crippen molar-refractivity contribution in [2.24, 2.45) is 5.41 Å². The Morgan fingerprint density at radius 2 is 1.59 bits per heavy atom. The van der Waals surface area contributed by atoms with Gasteiger partial charge in [-0.25, -0.2) is 0 Å². The highest BCUT2D eigenvalue weighted by Gasteiger charge is 2.28. The fourth-order valence-electron chi connectivity index (χ4n) is 1.59. The molecule has 0 fully saturated rings. The summed E-state index contributed by atoms with van der Waals surface area (Å²) in [7, 11) is 0. The number of carboxylic acids is 1. The van der Waals surface area contributed by atoms with E-state index in [0.717, 1.165) is 0 Å². The van der Waals surface area contributed by atoms with Gasteiger partial charge in [-0.15, -0.1) is 0 Å². The molecule has 4 heteroatoms. The molecule has 0 amide bonds. The van der Waals surface area contributed by atoms with Crippen LogP contribution in [0.5, 0.6) is 0 Å². The minimum Gasteiger partial charge on any atom is -0.481 e. The number of hydrogen-bond donors (Lipinski definition) is 2. The Labute approximate surface area is 104 Å². The number of nitrogens with one attached hydrogen (secondary N) is 1. The van der Waals surface area contributed by atoms with Crippen molar-refractivity contribution in [3.05, 3.63) is 0 Å². The summed E-state index contributed by atoms with van der Waals surface area (Å²) in [5, 5.41) is 11.9. The normalized spacial score (nSPS) is 14.5. The topological polar surface area (TPSA) is 66.4 Å². The summed E-state index contributed by atoms with van der Waals surface area (Å²) in [4.78, 5) is 22.8. The van der Waals surface area contributed by atoms with E-state index in [2.05, 4.69) is 5.32 Å². The lowest BCUT2D eigenvalue weighted by molar-refractivity contribution is -0.140. The predicted octanol–water partition coefficient (Wildman–Crippen LogP) is 2.22. The van der Waals surface area contributed by atoms with E-state index in [-0.39, 0.29) is 23.2 Å². The van der Waals surface area contributed by atoms with Gasteiger partial charge in [0.15, 0.2) is 5.78 Å². The third-order valence-corrected chi connectivity index (χ3v) is 2.08. The first-order valence-corrected chi connectivity index (χ1v) is 5.93. The summed E-state index contributed by atoms with van der Waals surface area (Å²) in [5.41, 5.74) is -0.388. The van der Waals surface area contributed by atoms with Crippen molar-refractivity contribution < 1.29 is 14.7 Å². The molecule has 0 rings (SSSR count). The van der Waals surface area contributed by atoms with Crippen LogP contribution in [0.15, 0.2) is 0 Å². The molecule has 17 heavy (non-hydrogen) atoms. The zero-order valence-electron chi connectivity index (χ0n) is 11.8. The summed E-state index contributed by atoms with van der Waals surface area (Å²) in [6.07, 6.45) is 0.222. The van der Waals surface area contributed by atoms with Crippen molar-refractivity contribution in [2.45, 2.75) is 66.0 Å². The number of rotatable bonds is 5. The average Bonchev–Trinajstić information content (AvgIpc) is 1.95. The highest BCUT2D eigenvalue weighted by molar-refractivity contribution is 5.88. The lowest BCUT2D eigenvalue weighted by atomic mass is 9.86. The van der Waals surface area contributed by atoms with Crippen LogP contribution in [-0.4, -0.2) is 28.4 Å². The molecule has 0 spiro atoms. The minimum atomic E-state index is -0.950. The molecule has 0 aromatic rings. The van der Waals surface area contributed by atoms with Gasteiger partial charge in [0.25, 0.3) is 0 Å². The van der Waals surface area contributed by atoms with E-state index in [0.29, 0.717) is 6.42 Å². The maximum Gasteiger partial charge on any atom is 0.305 e. The maximum atomic E-state index is 12.0. The largest absolute Gasteiger partial charge is 0.481 e. The van der Waals surface area contributed by atoms with Crippen molar-refractivity contribution in [1.82, 2.24) is 5.32 Å². The molecule has 0 aliphatic rings. The van der Waals surface area contributed by atoms with Crippen LogP contribution < -0.4 is 5.32 Å². The Hall–Kier alpha value is -0.900. The molecule has 100 valence electrons. The Morgan fingerprint density at radius 3 is 1.88 bits per heavy atom. The maximum absolute atomic E-state index is 12.0. The van der Waals surface area contributed by atoms with Crippen LogP contribution in [0.25, 0.3) is 0 Å². The van der Waals surface area contributed by atoms with Crippen LogP contribution in [0.1, 0.15) is 54.4 Å². The third-order valence-electron chi connectivity index (χ3n) is 2.08. The van der Waals surface area contributed by atoms with Crippen LogP contribution in [0.4, 0.5) is 0 Å². The van der Waals surface area contributed by atoms with Crippen LogP contribution in [-0.2, 0) is 9.59 Å². The first-order chi connectivity index (χ1) is 7.41. The summed E-state index contributed by atoms with van der Waals surface area (Å²) >= 11 is 0. The van der Waals surface area contributed by atoms with E-state index >= 15 is 0 Å². The summed E-state index contributed by atoms with van der Waals surface area (Å²) in [6, 6.07) is -0.605. The second kappa shape index (κ2) is 5.63. The zero-order chi connectivity index (χ0) is 13.9. The lowest BCUT2D eigenvalue weighted by Crippen LogP contribution is -2.49. The Bertz CT molecular complexity index is 284. The first kappa shape index (κ1) is 16.1. The zero-order valence-corrected chi connectivity index (χ0v) is 11.8. The smallest absolute Gasteiger partial charge is 0.305 e. The van der Waals surface area contributed by atoms with E-state index in [9.17, 15) is 9.59 Å². The highest BCUT2D eigenvalue weighted by atomic mass is 16.4. The first-order valence-electron chi connectivity index (χ1n) is 5.93. The molecule has 0 bridgehead atoms.